The van der Waals surface area contributed by atoms with Gasteiger partial charge in [0.2, 0.25) is 12.2 Å². The zero-order chi connectivity index (χ0) is 23.8. The van der Waals surface area contributed by atoms with E-state index in [9.17, 15) is 24.3 Å². The largest absolute Gasteiger partial charge is 0.478 e. The molecule has 0 saturated heterocycles. The van der Waals surface area contributed by atoms with Gasteiger partial charge in [-0.1, -0.05) is 42.5 Å². The Morgan fingerprint density at radius 2 is 1.24 bits per heavy atom. The fourth-order valence-electron chi connectivity index (χ4n) is 2.79. The fourth-order valence-corrected chi connectivity index (χ4v) is 3.33. The normalized spacial score (nSPS) is 12.2. The lowest BCUT2D eigenvalue weighted by Crippen LogP contribution is -2.48. The maximum atomic E-state index is 13.0. The number of carbonyl (C=O) groups excluding carboxylic acids is 3. The van der Waals surface area contributed by atoms with Gasteiger partial charge in [-0.3, -0.25) is 4.79 Å². The number of ether oxygens (including phenoxy) is 2. The maximum Gasteiger partial charge on any atom is 0.349 e. The molecule has 0 aliphatic heterocycles. The molecule has 0 fully saturated rings. The molecule has 3 rings (SSSR count). The van der Waals surface area contributed by atoms with Crippen molar-refractivity contribution >= 4 is 52.1 Å². The number of amides is 1. The van der Waals surface area contributed by atoms with Crippen LogP contribution in [0.3, 0.4) is 0 Å². The Morgan fingerprint density at radius 3 is 1.73 bits per heavy atom. The monoisotopic (exact) mass is 559 g/mol. The number of esters is 2. The molecule has 0 radical (unpaired) electrons. The third-order valence-corrected chi connectivity index (χ3v) is 5.03. The van der Waals surface area contributed by atoms with Crippen LogP contribution in [0.1, 0.15) is 20.7 Å². The van der Waals surface area contributed by atoms with Crippen molar-refractivity contribution in [2.45, 2.75) is 12.2 Å². The highest BCUT2D eigenvalue weighted by atomic mass is 127. The third-order valence-electron chi connectivity index (χ3n) is 4.36. The summed E-state index contributed by atoms with van der Waals surface area (Å²) in [6.45, 7) is 0. The first-order valence-corrected chi connectivity index (χ1v) is 10.7. The van der Waals surface area contributed by atoms with Gasteiger partial charge in [-0.2, -0.15) is 0 Å². The summed E-state index contributed by atoms with van der Waals surface area (Å²) < 4.78 is 11.2. The summed E-state index contributed by atoms with van der Waals surface area (Å²) in [6.07, 6.45) is -4.05. The lowest BCUT2D eigenvalue weighted by Gasteiger charge is -2.23. The molecule has 0 spiro atoms. The van der Waals surface area contributed by atoms with Crippen molar-refractivity contribution in [3.05, 3.63) is 99.6 Å². The van der Waals surface area contributed by atoms with Crippen molar-refractivity contribution in [3.8, 4) is 0 Å². The first-order valence-electron chi connectivity index (χ1n) is 9.66. The van der Waals surface area contributed by atoms with E-state index in [1.54, 1.807) is 60.7 Å². The summed E-state index contributed by atoms with van der Waals surface area (Å²) in [5, 5.41) is 12.2. The maximum absolute atomic E-state index is 13.0. The molecule has 3 aromatic rings. The van der Waals surface area contributed by atoms with Crippen LogP contribution in [0.5, 0.6) is 0 Å². The van der Waals surface area contributed by atoms with Crippen molar-refractivity contribution < 1.29 is 33.8 Å². The molecule has 0 aliphatic rings. The summed E-state index contributed by atoms with van der Waals surface area (Å²) in [6, 6.07) is 22.1. The van der Waals surface area contributed by atoms with E-state index < -0.39 is 36.0 Å². The van der Waals surface area contributed by atoms with Crippen molar-refractivity contribution in [1.82, 2.24) is 0 Å². The minimum Gasteiger partial charge on any atom is -0.478 e. The molecule has 2 atom stereocenters. The van der Waals surface area contributed by atoms with Gasteiger partial charge < -0.3 is 19.9 Å². The van der Waals surface area contributed by atoms with Crippen LogP contribution in [0.25, 0.3) is 0 Å². The van der Waals surface area contributed by atoms with E-state index in [-0.39, 0.29) is 11.1 Å². The second-order valence-electron chi connectivity index (χ2n) is 6.72. The molecule has 3 aromatic carbocycles. The molecule has 0 aliphatic carbocycles. The van der Waals surface area contributed by atoms with Crippen LogP contribution < -0.4 is 5.32 Å². The summed E-state index contributed by atoms with van der Waals surface area (Å²) in [7, 11) is 0. The summed E-state index contributed by atoms with van der Waals surface area (Å²) in [4.78, 5) is 50.1. The van der Waals surface area contributed by atoms with Crippen LogP contribution in [0.4, 0.5) is 5.69 Å². The number of rotatable bonds is 8. The van der Waals surface area contributed by atoms with Crippen molar-refractivity contribution in [2.75, 3.05) is 5.32 Å². The Kier molecular flexibility index (Phi) is 8.14. The smallest absolute Gasteiger partial charge is 0.349 e. The van der Waals surface area contributed by atoms with Crippen molar-refractivity contribution in [3.63, 3.8) is 0 Å². The second kappa shape index (κ2) is 11.2. The number of carboxylic acid groups (broad SMARTS) is 1. The number of hydrogen-bond donors (Lipinski definition) is 2. The molecule has 0 aromatic heterocycles. The number of benzene rings is 3. The molecular formula is C24H18INO7. The number of nitrogens with one attached hydrogen (secondary N) is 1. The molecule has 0 bridgehead atoms. The van der Waals surface area contributed by atoms with E-state index in [1.165, 1.54) is 24.3 Å². The van der Waals surface area contributed by atoms with E-state index in [0.29, 0.717) is 5.69 Å². The lowest BCUT2D eigenvalue weighted by molar-refractivity contribution is -0.157. The number of carbonyl (C=O) groups is 4. The highest BCUT2D eigenvalue weighted by molar-refractivity contribution is 14.1. The number of aliphatic carboxylic acids is 1. The van der Waals surface area contributed by atoms with E-state index >= 15 is 0 Å². The molecule has 8 nitrogen and oxygen atoms in total. The van der Waals surface area contributed by atoms with Gasteiger partial charge in [-0.25, -0.2) is 14.4 Å². The Bertz CT molecular complexity index is 1150. The number of halogens is 1. The van der Waals surface area contributed by atoms with Gasteiger partial charge in [0.15, 0.2) is 0 Å². The SMILES string of the molecule is O=C(O[C@@H](C(=O)O)[C@@H](OC(=O)c1ccccc1)C(=O)Nc1cccc(I)c1)c1ccccc1. The van der Waals surface area contributed by atoms with Gasteiger partial charge in [-0.05, 0) is 65.1 Å². The fraction of sp³-hybridized carbons (Fsp3) is 0.0833. The van der Waals surface area contributed by atoms with Crippen LogP contribution in [-0.4, -0.2) is 41.1 Å². The third kappa shape index (κ3) is 6.62. The predicted octanol–water partition coefficient (Wildman–Crippen LogP) is 3.77. The lowest BCUT2D eigenvalue weighted by atomic mass is 10.1. The quantitative estimate of drug-likeness (QED) is 0.319. The second-order valence-corrected chi connectivity index (χ2v) is 7.97. The van der Waals surface area contributed by atoms with Crippen LogP contribution in [0.15, 0.2) is 84.9 Å². The first kappa shape index (κ1) is 23.9. The van der Waals surface area contributed by atoms with Crippen LogP contribution in [0.2, 0.25) is 0 Å². The van der Waals surface area contributed by atoms with Gasteiger partial charge in [0.1, 0.15) is 0 Å². The summed E-state index contributed by atoms with van der Waals surface area (Å²) in [5.41, 5.74) is 0.532. The molecule has 1 amide bonds. The summed E-state index contributed by atoms with van der Waals surface area (Å²) >= 11 is 2.04. The Hall–Kier alpha value is -3.73. The molecule has 0 saturated carbocycles. The molecule has 2 N–H and O–H groups in total. The first-order chi connectivity index (χ1) is 15.8. The Balaban J connectivity index is 1.90. The Labute approximate surface area is 202 Å². The number of anilines is 1. The Morgan fingerprint density at radius 1 is 0.727 bits per heavy atom. The number of hydrogen-bond acceptors (Lipinski definition) is 6. The molecule has 0 unspecified atom stereocenters. The van der Waals surface area contributed by atoms with E-state index in [1.807, 2.05) is 22.6 Å². The standard InChI is InChI=1S/C24H18INO7/c25-17-12-7-13-18(14-17)26-21(27)19(32-23(30)15-8-3-1-4-9-15)20(22(28)29)33-24(31)16-10-5-2-6-11-16/h1-14,19-20H,(H,26,27)(H,28,29)/t19-,20-/m1/s1. The molecule has 0 heterocycles. The summed E-state index contributed by atoms with van der Waals surface area (Å²) in [5.74, 6) is -4.54. The highest BCUT2D eigenvalue weighted by Gasteiger charge is 2.41. The van der Waals surface area contributed by atoms with Gasteiger partial charge in [-0.15, -0.1) is 0 Å². The van der Waals surface area contributed by atoms with Crippen LogP contribution >= 0.6 is 22.6 Å². The van der Waals surface area contributed by atoms with Crippen LogP contribution in [0, 0.1) is 3.57 Å². The predicted molar refractivity (Wildman–Crippen MR) is 127 cm³/mol. The van der Waals surface area contributed by atoms with E-state index in [4.69, 9.17) is 9.47 Å². The van der Waals surface area contributed by atoms with E-state index in [2.05, 4.69) is 5.32 Å². The van der Waals surface area contributed by atoms with Crippen LogP contribution in [-0.2, 0) is 19.1 Å². The molecule has 33 heavy (non-hydrogen) atoms. The van der Waals surface area contributed by atoms with Crippen molar-refractivity contribution in [1.29, 1.82) is 0 Å². The average Bonchev–Trinajstić information content (AvgIpc) is 2.82. The van der Waals surface area contributed by atoms with Gasteiger partial charge in [0.05, 0.1) is 11.1 Å². The average molecular weight is 559 g/mol. The topological polar surface area (TPSA) is 119 Å². The zero-order valence-corrected chi connectivity index (χ0v) is 19.2. The minimum atomic E-state index is -2.09. The van der Waals surface area contributed by atoms with E-state index in [0.717, 1.165) is 3.57 Å². The molecular weight excluding hydrogens is 541 g/mol. The van der Waals surface area contributed by atoms with Gasteiger partial charge >= 0.3 is 17.9 Å². The minimum absolute atomic E-state index is 0.0786. The van der Waals surface area contributed by atoms with Gasteiger partial charge in [0.25, 0.3) is 5.91 Å². The highest BCUT2D eigenvalue weighted by Crippen LogP contribution is 2.17. The number of carboxylic acids is 1. The van der Waals surface area contributed by atoms with Crippen molar-refractivity contribution in [2.24, 2.45) is 0 Å². The zero-order valence-electron chi connectivity index (χ0n) is 17.0. The molecule has 168 valence electrons. The van der Waals surface area contributed by atoms with Gasteiger partial charge in [0, 0.05) is 9.26 Å². The molecule has 9 heteroatoms.